The Morgan fingerprint density at radius 1 is 1.04 bits per heavy atom. The summed E-state index contributed by atoms with van der Waals surface area (Å²) < 4.78 is 0. The van der Waals surface area contributed by atoms with E-state index in [1.54, 1.807) is 0 Å². The number of carbonyl (C=O) groups excluding carboxylic acids is 1. The Hall–Kier alpha value is -2.63. The van der Waals surface area contributed by atoms with Gasteiger partial charge in [-0.25, -0.2) is 0 Å². The summed E-state index contributed by atoms with van der Waals surface area (Å²) in [4.78, 5) is 16.9. The maximum Gasteiger partial charge on any atom is 0.261 e. The molecule has 144 valence electrons. The van der Waals surface area contributed by atoms with Crippen molar-refractivity contribution in [3.8, 4) is 10.4 Å². The molecule has 1 aliphatic heterocycles. The van der Waals surface area contributed by atoms with Gasteiger partial charge in [-0.1, -0.05) is 42.5 Å². The van der Waals surface area contributed by atoms with Gasteiger partial charge in [0.25, 0.3) is 5.91 Å². The summed E-state index contributed by atoms with van der Waals surface area (Å²) in [5.41, 5.74) is 9.00. The van der Waals surface area contributed by atoms with Crippen molar-refractivity contribution in [2.45, 2.75) is 25.4 Å². The molecule has 2 aromatic carbocycles. The first-order valence-corrected chi connectivity index (χ1v) is 10.5. The molecular formula is C23H25N3OS. The van der Waals surface area contributed by atoms with Crippen LogP contribution in [0.5, 0.6) is 0 Å². The SMILES string of the molecule is Nc1cccc(-c2ccc(C(=O)NC3CCN(Cc4ccccc4)CC3)s2)c1. The van der Waals surface area contributed by atoms with Crippen LogP contribution >= 0.6 is 11.3 Å². The lowest BCUT2D eigenvalue weighted by Gasteiger charge is -2.32. The molecule has 0 bridgehead atoms. The minimum atomic E-state index is 0.0293. The molecule has 3 N–H and O–H groups in total. The molecule has 1 aromatic heterocycles. The van der Waals surface area contributed by atoms with Crippen LogP contribution in [0.15, 0.2) is 66.7 Å². The lowest BCUT2D eigenvalue weighted by atomic mass is 10.0. The highest BCUT2D eigenvalue weighted by atomic mass is 32.1. The third kappa shape index (κ3) is 4.61. The second-order valence-electron chi connectivity index (χ2n) is 7.30. The molecular weight excluding hydrogens is 366 g/mol. The van der Waals surface area contributed by atoms with Crippen molar-refractivity contribution in [3.63, 3.8) is 0 Å². The number of rotatable bonds is 5. The number of benzene rings is 2. The zero-order chi connectivity index (χ0) is 19.3. The quantitative estimate of drug-likeness (QED) is 0.634. The average molecular weight is 392 g/mol. The number of thiophene rings is 1. The van der Waals surface area contributed by atoms with Gasteiger partial charge in [0, 0.05) is 36.2 Å². The van der Waals surface area contributed by atoms with E-state index in [0.29, 0.717) is 0 Å². The highest BCUT2D eigenvalue weighted by Crippen LogP contribution is 2.29. The summed E-state index contributed by atoms with van der Waals surface area (Å²) in [5.74, 6) is 0.0293. The van der Waals surface area contributed by atoms with E-state index in [9.17, 15) is 4.79 Å². The molecule has 4 nitrogen and oxygen atoms in total. The molecule has 0 radical (unpaired) electrons. The molecule has 5 heteroatoms. The van der Waals surface area contributed by atoms with Crippen LogP contribution < -0.4 is 11.1 Å². The number of hydrogen-bond acceptors (Lipinski definition) is 4. The topological polar surface area (TPSA) is 58.4 Å². The maximum absolute atomic E-state index is 12.7. The van der Waals surface area contributed by atoms with Crippen LogP contribution in [-0.4, -0.2) is 29.9 Å². The Kier molecular flexibility index (Phi) is 5.74. The first kappa shape index (κ1) is 18.7. The highest BCUT2D eigenvalue weighted by Gasteiger charge is 2.22. The number of anilines is 1. The van der Waals surface area contributed by atoms with Gasteiger partial charge in [-0.2, -0.15) is 0 Å². The number of hydrogen-bond donors (Lipinski definition) is 2. The monoisotopic (exact) mass is 391 g/mol. The average Bonchev–Trinajstić information content (AvgIpc) is 3.21. The Bertz CT molecular complexity index is 930. The highest BCUT2D eigenvalue weighted by molar-refractivity contribution is 7.17. The molecule has 0 atom stereocenters. The molecule has 0 aliphatic carbocycles. The normalized spacial score (nSPS) is 15.4. The fraction of sp³-hybridized carbons (Fsp3) is 0.261. The zero-order valence-electron chi connectivity index (χ0n) is 15.8. The molecule has 28 heavy (non-hydrogen) atoms. The van der Waals surface area contributed by atoms with Crippen molar-refractivity contribution in [3.05, 3.63) is 77.2 Å². The predicted molar refractivity (Wildman–Crippen MR) is 116 cm³/mol. The number of nitrogen functional groups attached to an aromatic ring is 1. The largest absolute Gasteiger partial charge is 0.399 e. The summed E-state index contributed by atoms with van der Waals surface area (Å²) in [7, 11) is 0. The van der Waals surface area contributed by atoms with Gasteiger partial charge >= 0.3 is 0 Å². The van der Waals surface area contributed by atoms with Crippen LogP contribution in [0.1, 0.15) is 28.1 Å². The zero-order valence-corrected chi connectivity index (χ0v) is 16.6. The van der Waals surface area contributed by atoms with Crippen LogP contribution in [0.4, 0.5) is 5.69 Å². The van der Waals surface area contributed by atoms with E-state index in [1.807, 2.05) is 42.5 Å². The van der Waals surface area contributed by atoms with Crippen LogP contribution in [-0.2, 0) is 6.54 Å². The summed E-state index contributed by atoms with van der Waals surface area (Å²) in [6.07, 6.45) is 1.98. The van der Waals surface area contributed by atoms with E-state index in [4.69, 9.17) is 5.73 Å². The van der Waals surface area contributed by atoms with Gasteiger partial charge in [0.2, 0.25) is 0 Å². The lowest BCUT2D eigenvalue weighted by molar-refractivity contribution is 0.0913. The summed E-state index contributed by atoms with van der Waals surface area (Å²) >= 11 is 1.52. The summed E-state index contributed by atoms with van der Waals surface area (Å²) in [6.45, 7) is 3.01. The van der Waals surface area contributed by atoms with Crippen molar-refractivity contribution in [1.82, 2.24) is 10.2 Å². The number of nitrogens with zero attached hydrogens (tertiary/aromatic N) is 1. The van der Waals surface area contributed by atoms with Crippen molar-refractivity contribution in [2.75, 3.05) is 18.8 Å². The third-order valence-electron chi connectivity index (χ3n) is 5.17. The predicted octanol–water partition coefficient (Wildman–Crippen LogP) is 4.39. The van der Waals surface area contributed by atoms with E-state index in [1.165, 1.54) is 16.9 Å². The number of amides is 1. The molecule has 2 heterocycles. The van der Waals surface area contributed by atoms with Gasteiger partial charge in [0.15, 0.2) is 0 Å². The van der Waals surface area contributed by atoms with Crippen LogP contribution in [0, 0.1) is 0 Å². The van der Waals surface area contributed by atoms with Crippen molar-refractivity contribution < 1.29 is 4.79 Å². The van der Waals surface area contributed by atoms with E-state index < -0.39 is 0 Å². The Morgan fingerprint density at radius 3 is 2.57 bits per heavy atom. The minimum Gasteiger partial charge on any atom is -0.399 e. The minimum absolute atomic E-state index is 0.0293. The van der Waals surface area contributed by atoms with Gasteiger partial charge in [-0.05, 0) is 48.2 Å². The van der Waals surface area contributed by atoms with E-state index in [-0.39, 0.29) is 11.9 Å². The molecule has 3 aromatic rings. The first-order chi connectivity index (χ1) is 13.7. The Labute approximate surface area is 170 Å². The molecule has 1 saturated heterocycles. The molecule has 1 fully saturated rings. The molecule has 0 spiro atoms. The number of nitrogens with two attached hydrogens (primary N) is 1. The summed E-state index contributed by atoms with van der Waals surface area (Å²) in [6, 6.07) is 22.5. The number of nitrogens with one attached hydrogen (secondary N) is 1. The van der Waals surface area contributed by atoms with Crippen LogP contribution in [0.2, 0.25) is 0 Å². The van der Waals surface area contributed by atoms with Gasteiger partial charge < -0.3 is 11.1 Å². The first-order valence-electron chi connectivity index (χ1n) is 9.70. The Balaban J connectivity index is 1.30. The third-order valence-corrected chi connectivity index (χ3v) is 6.31. The maximum atomic E-state index is 12.7. The van der Waals surface area contributed by atoms with Gasteiger partial charge in [-0.15, -0.1) is 11.3 Å². The number of carbonyl (C=O) groups is 1. The molecule has 1 amide bonds. The standard InChI is InChI=1S/C23H25N3OS/c24-19-8-4-7-18(15-19)21-9-10-22(28-21)23(27)25-20-11-13-26(14-12-20)16-17-5-2-1-3-6-17/h1-10,15,20H,11-14,16,24H2,(H,25,27). The van der Waals surface area contributed by atoms with Crippen LogP contribution in [0.25, 0.3) is 10.4 Å². The second-order valence-corrected chi connectivity index (χ2v) is 8.38. The fourth-order valence-electron chi connectivity index (χ4n) is 3.64. The number of piperidine rings is 1. The Morgan fingerprint density at radius 2 is 1.82 bits per heavy atom. The second kappa shape index (κ2) is 8.59. The smallest absolute Gasteiger partial charge is 0.261 e. The van der Waals surface area contributed by atoms with E-state index in [0.717, 1.165) is 53.5 Å². The summed E-state index contributed by atoms with van der Waals surface area (Å²) in [5, 5.41) is 3.22. The fourth-order valence-corrected chi connectivity index (χ4v) is 4.55. The van der Waals surface area contributed by atoms with Crippen LogP contribution in [0.3, 0.4) is 0 Å². The van der Waals surface area contributed by atoms with E-state index >= 15 is 0 Å². The number of likely N-dealkylation sites (tertiary alicyclic amines) is 1. The van der Waals surface area contributed by atoms with E-state index in [2.05, 4.69) is 34.5 Å². The van der Waals surface area contributed by atoms with Gasteiger partial charge in [-0.3, -0.25) is 9.69 Å². The lowest BCUT2D eigenvalue weighted by Crippen LogP contribution is -2.44. The van der Waals surface area contributed by atoms with Crippen molar-refractivity contribution in [2.24, 2.45) is 0 Å². The van der Waals surface area contributed by atoms with Crippen molar-refractivity contribution in [1.29, 1.82) is 0 Å². The molecule has 1 aliphatic rings. The molecule has 0 unspecified atom stereocenters. The molecule has 0 saturated carbocycles. The van der Waals surface area contributed by atoms with Crippen molar-refractivity contribution >= 4 is 22.9 Å². The van der Waals surface area contributed by atoms with Gasteiger partial charge in [0.05, 0.1) is 4.88 Å². The molecule has 4 rings (SSSR count). The van der Waals surface area contributed by atoms with Gasteiger partial charge in [0.1, 0.15) is 0 Å².